The van der Waals surface area contributed by atoms with Gasteiger partial charge in [0, 0.05) is 19.6 Å². The largest absolute Gasteiger partial charge is 0.379 e. The van der Waals surface area contributed by atoms with Crippen LogP contribution < -0.4 is 5.73 Å². The second-order valence-electron chi connectivity index (χ2n) is 4.37. The van der Waals surface area contributed by atoms with Crippen molar-refractivity contribution in [1.82, 2.24) is 4.90 Å². The molecular weight excluding hydrogens is 268 g/mol. The third kappa shape index (κ3) is 8.96. The van der Waals surface area contributed by atoms with Crippen LogP contribution in [-0.2, 0) is 19.4 Å². The van der Waals surface area contributed by atoms with E-state index < -0.39 is 15.6 Å². The fourth-order valence-electron chi connectivity index (χ4n) is 1.62. The van der Waals surface area contributed by atoms with Gasteiger partial charge in [-0.2, -0.15) is 0 Å². The molecule has 19 heavy (non-hydrogen) atoms. The zero-order chi connectivity index (χ0) is 14.7. The van der Waals surface area contributed by atoms with Gasteiger partial charge in [-0.1, -0.05) is 13.8 Å². The molecule has 114 valence electrons. The van der Waals surface area contributed by atoms with Crippen LogP contribution >= 0.6 is 0 Å². The third-order valence-corrected chi connectivity index (χ3v) is 3.96. The summed E-state index contributed by atoms with van der Waals surface area (Å²) in [5, 5.41) is 0. The van der Waals surface area contributed by atoms with Gasteiger partial charge in [0.05, 0.1) is 19.0 Å². The molecular formula is C12H26N2O4S. The molecule has 0 aromatic carbocycles. The number of ether oxygens (including phenoxy) is 1. The summed E-state index contributed by atoms with van der Waals surface area (Å²) in [6.45, 7) is 5.92. The Kier molecular flexibility index (Phi) is 9.81. The molecule has 0 heterocycles. The Morgan fingerprint density at radius 1 is 1.16 bits per heavy atom. The topological polar surface area (TPSA) is 89.7 Å². The maximum Gasteiger partial charge on any atom is 0.237 e. The second-order valence-corrected chi connectivity index (χ2v) is 6.56. The number of hydrogen-bond acceptors (Lipinski definition) is 5. The maximum atomic E-state index is 11.9. The van der Waals surface area contributed by atoms with Gasteiger partial charge >= 0.3 is 0 Å². The minimum absolute atomic E-state index is 0.0916. The van der Waals surface area contributed by atoms with Crippen LogP contribution in [0.15, 0.2) is 0 Å². The van der Waals surface area contributed by atoms with Gasteiger partial charge in [0.25, 0.3) is 0 Å². The first kappa shape index (κ1) is 18.3. The van der Waals surface area contributed by atoms with E-state index in [0.29, 0.717) is 26.2 Å². The van der Waals surface area contributed by atoms with Crippen molar-refractivity contribution in [2.24, 2.45) is 5.73 Å². The molecule has 0 aromatic heterocycles. The van der Waals surface area contributed by atoms with E-state index >= 15 is 0 Å². The zero-order valence-corrected chi connectivity index (χ0v) is 12.7. The molecule has 2 N–H and O–H groups in total. The van der Waals surface area contributed by atoms with E-state index in [1.165, 1.54) is 0 Å². The lowest BCUT2D eigenvalue weighted by Gasteiger charge is -2.21. The van der Waals surface area contributed by atoms with Gasteiger partial charge in [-0.3, -0.25) is 4.79 Å². The van der Waals surface area contributed by atoms with E-state index in [9.17, 15) is 13.2 Å². The Labute approximate surface area is 116 Å². The molecule has 0 aliphatic heterocycles. The van der Waals surface area contributed by atoms with Gasteiger partial charge in [-0.05, 0) is 12.8 Å². The molecule has 0 saturated heterocycles. The summed E-state index contributed by atoms with van der Waals surface area (Å²) >= 11 is 0. The lowest BCUT2D eigenvalue weighted by molar-refractivity contribution is -0.128. The summed E-state index contributed by atoms with van der Waals surface area (Å²) < 4.78 is 28.5. The van der Waals surface area contributed by atoms with Crippen molar-refractivity contribution >= 4 is 15.7 Å². The van der Waals surface area contributed by atoms with Gasteiger partial charge in [0.2, 0.25) is 5.91 Å². The molecule has 0 aliphatic carbocycles. The first-order valence-corrected chi connectivity index (χ1v) is 8.55. The second kappa shape index (κ2) is 10.2. The van der Waals surface area contributed by atoms with Crippen molar-refractivity contribution in [3.8, 4) is 0 Å². The van der Waals surface area contributed by atoms with Crippen molar-refractivity contribution in [2.45, 2.75) is 26.7 Å². The molecule has 0 radical (unpaired) electrons. The highest BCUT2D eigenvalue weighted by Gasteiger charge is 2.20. The molecule has 0 spiro atoms. The predicted molar refractivity (Wildman–Crippen MR) is 75.7 cm³/mol. The van der Waals surface area contributed by atoms with Crippen molar-refractivity contribution in [3.05, 3.63) is 0 Å². The molecule has 0 aliphatic rings. The number of sulfone groups is 1. The monoisotopic (exact) mass is 294 g/mol. The number of rotatable bonds is 11. The molecule has 6 nitrogen and oxygen atoms in total. The fourth-order valence-corrected chi connectivity index (χ4v) is 2.70. The Morgan fingerprint density at radius 3 is 2.21 bits per heavy atom. The molecule has 7 heteroatoms. The molecule has 0 fully saturated rings. The van der Waals surface area contributed by atoms with E-state index in [4.69, 9.17) is 10.5 Å². The Morgan fingerprint density at radius 2 is 1.74 bits per heavy atom. The van der Waals surface area contributed by atoms with Crippen LogP contribution in [0.4, 0.5) is 0 Å². The summed E-state index contributed by atoms with van der Waals surface area (Å²) in [6.07, 6.45) is 1.65. The third-order valence-electron chi connectivity index (χ3n) is 2.48. The SMILES string of the molecule is CCCN(CCC)C(=O)CS(=O)(=O)CCOCCN. The van der Waals surface area contributed by atoms with Crippen molar-refractivity contribution in [2.75, 3.05) is 44.4 Å². The minimum atomic E-state index is -3.40. The number of nitrogens with zero attached hydrogens (tertiary/aromatic N) is 1. The van der Waals surface area contributed by atoms with E-state index in [-0.39, 0.29) is 18.3 Å². The normalized spacial score (nSPS) is 11.5. The van der Waals surface area contributed by atoms with Crippen LogP contribution in [0.1, 0.15) is 26.7 Å². The minimum Gasteiger partial charge on any atom is -0.379 e. The zero-order valence-electron chi connectivity index (χ0n) is 11.9. The summed E-state index contributed by atoms with van der Waals surface area (Å²) in [5.41, 5.74) is 5.23. The highest BCUT2D eigenvalue weighted by molar-refractivity contribution is 7.92. The van der Waals surface area contributed by atoms with Crippen LogP contribution in [0.5, 0.6) is 0 Å². The number of carbonyl (C=O) groups is 1. The Hall–Kier alpha value is -0.660. The average molecular weight is 294 g/mol. The van der Waals surface area contributed by atoms with Gasteiger partial charge in [-0.15, -0.1) is 0 Å². The molecule has 0 aromatic rings. The number of hydrogen-bond donors (Lipinski definition) is 1. The molecule has 0 unspecified atom stereocenters. The number of carbonyl (C=O) groups excluding carboxylic acids is 1. The highest BCUT2D eigenvalue weighted by Crippen LogP contribution is 2.00. The first-order valence-electron chi connectivity index (χ1n) is 6.72. The Balaban J connectivity index is 4.25. The van der Waals surface area contributed by atoms with Crippen LogP contribution in [0, 0.1) is 0 Å². The maximum absolute atomic E-state index is 11.9. The van der Waals surface area contributed by atoms with Gasteiger partial charge in [0.1, 0.15) is 5.75 Å². The van der Waals surface area contributed by atoms with Crippen LogP contribution in [-0.4, -0.2) is 63.6 Å². The van der Waals surface area contributed by atoms with Crippen molar-refractivity contribution < 1.29 is 17.9 Å². The lowest BCUT2D eigenvalue weighted by atomic mass is 10.3. The van der Waals surface area contributed by atoms with E-state index in [1.54, 1.807) is 4.90 Å². The smallest absolute Gasteiger partial charge is 0.237 e. The standard InChI is InChI=1S/C12H26N2O4S/c1-3-6-14(7-4-2)12(15)11-19(16,17)10-9-18-8-5-13/h3-11,13H2,1-2H3. The summed E-state index contributed by atoms with van der Waals surface area (Å²) in [5.74, 6) is -0.883. The van der Waals surface area contributed by atoms with Crippen LogP contribution in [0.3, 0.4) is 0 Å². The summed E-state index contributed by atoms with van der Waals surface area (Å²) in [6, 6.07) is 0. The first-order chi connectivity index (χ1) is 8.96. The van der Waals surface area contributed by atoms with Gasteiger partial charge < -0.3 is 15.4 Å². The van der Waals surface area contributed by atoms with Gasteiger partial charge in [0.15, 0.2) is 9.84 Å². The molecule has 1 amide bonds. The van der Waals surface area contributed by atoms with E-state index in [0.717, 1.165) is 12.8 Å². The fraction of sp³-hybridized carbons (Fsp3) is 0.917. The molecule has 0 saturated carbocycles. The molecule has 0 bridgehead atoms. The summed E-state index contributed by atoms with van der Waals surface area (Å²) in [4.78, 5) is 13.5. The van der Waals surface area contributed by atoms with E-state index in [1.807, 2.05) is 13.8 Å². The van der Waals surface area contributed by atoms with E-state index in [2.05, 4.69) is 0 Å². The quantitative estimate of drug-likeness (QED) is 0.543. The summed E-state index contributed by atoms with van der Waals surface area (Å²) in [7, 11) is -3.40. The lowest BCUT2D eigenvalue weighted by Crippen LogP contribution is -2.37. The molecule has 0 rings (SSSR count). The van der Waals surface area contributed by atoms with Crippen molar-refractivity contribution in [3.63, 3.8) is 0 Å². The Bertz CT molecular complexity index is 338. The van der Waals surface area contributed by atoms with Crippen LogP contribution in [0.2, 0.25) is 0 Å². The molecule has 0 atom stereocenters. The average Bonchev–Trinajstić information content (AvgIpc) is 2.34. The number of nitrogens with two attached hydrogens (primary N) is 1. The van der Waals surface area contributed by atoms with Crippen molar-refractivity contribution in [1.29, 1.82) is 0 Å². The highest BCUT2D eigenvalue weighted by atomic mass is 32.2. The predicted octanol–water partition coefficient (Wildman–Crippen LogP) is 0.0251. The van der Waals surface area contributed by atoms with Gasteiger partial charge in [-0.25, -0.2) is 8.42 Å². The van der Waals surface area contributed by atoms with Crippen LogP contribution in [0.25, 0.3) is 0 Å². The number of amides is 1.